The van der Waals surface area contributed by atoms with Crippen molar-refractivity contribution in [3.05, 3.63) is 22.4 Å². The second-order valence-corrected chi connectivity index (χ2v) is 3.86. The van der Waals surface area contributed by atoms with E-state index in [0.29, 0.717) is 0 Å². The summed E-state index contributed by atoms with van der Waals surface area (Å²) in [6.07, 6.45) is 0.315. The summed E-state index contributed by atoms with van der Waals surface area (Å²) in [4.78, 5) is 39.2. The largest absolute Gasteiger partial charge is 0.480 e. The molecule has 0 bridgehead atoms. The molecule has 0 radical (unpaired) electrons. The highest BCUT2D eigenvalue weighted by Crippen LogP contribution is 2.19. The molecule has 1 aromatic heterocycles. The van der Waals surface area contributed by atoms with E-state index in [4.69, 9.17) is 5.11 Å². The number of aliphatic hydroxyl groups excluding tert-OH is 1. The van der Waals surface area contributed by atoms with Crippen molar-refractivity contribution in [2.75, 3.05) is 6.54 Å². The summed E-state index contributed by atoms with van der Waals surface area (Å²) in [5.41, 5.74) is -0.560. The number of aromatic nitrogens is 2. The molecule has 2 rings (SSSR count). The van der Waals surface area contributed by atoms with Crippen LogP contribution in [0.3, 0.4) is 0 Å². The van der Waals surface area contributed by atoms with Gasteiger partial charge in [0.1, 0.15) is 11.7 Å². The highest BCUT2D eigenvalue weighted by molar-refractivity contribution is 5.95. The predicted molar refractivity (Wildman–Crippen MR) is 54.5 cm³/mol. The molecular formula is C9H11N3O5. The van der Waals surface area contributed by atoms with Gasteiger partial charge in [-0.1, -0.05) is 0 Å². The third-order valence-electron chi connectivity index (χ3n) is 2.65. The zero-order valence-corrected chi connectivity index (χ0v) is 8.71. The van der Waals surface area contributed by atoms with Crippen LogP contribution in [0, 0.1) is 0 Å². The van der Waals surface area contributed by atoms with Crippen molar-refractivity contribution in [2.24, 2.45) is 0 Å². The van der Waals surface area contributed by atoms with Crippen LogP contribution in [0.5, 0.6) is 0 Å². The molecule has 1 aliphatic rings. The monoisotopic (exact) mass is 241 g/mol. The lowest BCUT2D eigenvalue weighted by Gasteiger charge is -2.19. The fraction of sp³-hybridized carbons (Fsp3) is 0.444. The number of amides is 1. The van der Waals surface area contributed by atoms with Gasteiger partial charge in [0.05, 0.1) is 6.10 Å². The van der Waals surface area contributed by atoms with E-state index in [-0.39, 0.29) is 18.7 Å². The van der Waals surface area contributed by atoms with Crippen molar-refractivity contribution >= 4 is 11.9 Å². The Bertz CT molecular complexity index is 505. The number of nitrogens with one attached hydrogen (secondary N) is 2. The minimum atomic E-state index is -1.17. The van der Waals surface area contributed by atoms with E-state index >= 15 is 0 Å². The molecule has 1 fully saturated rings. The Hall–Kier alpha value is -2.09. The van der Waals surface area contributed by atoms with Crippen molar-refractivity contribution in [3.8, 4) is 0 Å². The molecule has 8 heteroatoms. The zero-order valence-electron chi connectivity index (χ0n) is 8.71. The number of carbonyl (C=O) groups excluding carboxylic acids is 1. The number of rotatable bonds is 2. The third-order valence-corrected chi connectivity index (χ3v) is 2.65. The summed E-state index contributed by atoms with van der Waals surface area (Å²) in [6, 6.07) is -1.06. The maximum atomic E-state index is 11.9. The van der Waals surface area contributed by atoms with Crippen LogP contribution in [0.2, 0.25) is 0 Å². The summed E-state index contributed by atoms with van der Waals surface area (Å²) < 4.78 is 0. The molecule has 2 heterocycles. The number of hydrogen-bond acceptors (Lipinski definition) is 4. The van der Waals surface area contributed by atoms with Crippen LogP contribution in [0.25, 0.3) is 0 Å². The average Bonchev–Trinajstić information content (AvgIpc) is 2.83. The second kappa shape index (κ2) is 4.06. The number of nitrogens with zero attached hydrogens (tertiary/aromatic N) is 1. The highest BCUT2D eigenvalue weighted by atomic mass is 16.4. The molecule has 1 aromatic rings. The molecule has 1 amide bonds. The first-order valence-electron chi connectivity index (χ1n) is 4.98. The van der Waals surface area contributed by atoms with E-state index in [2.05, 4.69) is 9.97 Å². The van der Waals surface area contributed by atoms with Gasteiger partial charge in [-0.05, 0) is 0 Å². The first-order valence-corrected chi connectivity index (χ1v) is 4.98. The van der Waals surface area contributed by atoms with Gasteiger partial charge in [-0.25, -0.2) is 9.59 Å². The molecule has 2 atom stereocenters. The number of carboxylic acid groups (broad SMARTS) is 1. The first-order chi connectivity index (χ1) is 7.99. The molecule has 8 nitrogen and oxygen atoms in total. The van der Waals surface area contributed by atoms with Crippen LogP contribution in [0.1, 0.15) is 16.9 Å². The van der Waals surface area contributed by atoms with Crippen molar-refractivity contribution < 1.29 is 19.8 Å². The number of hydrogen-bond donors (Lipinski definition) is 4. The van der Waals surface area contributed by atoms with E-state index in [9.17, 15) is 19.5 Å². The number of aliphatic carboxylic acids is 1. The Kier molecular flexibility index (Phi) is 2.72. The van der Waals surface area contributed by atoms with E-state index in [1.54, 1.807) is 0 Å². The van der Waals surface area contributed by atoms with Gasteiger partial charge in [-0.3, -0.25) is 4.79 Å². The van der Waals surface area contributed by atoms with Gasteiger partial charge in [-0.2, -0.15) is 0 Å². The number of imidazole rings is 1. The number of likely N-dealkylation sites (tertiary alicyclic amines) is 1. The van der Waals surface area contributed by atoms with Gasteiger partial charge in [-0.15, -0.1) is 0 Å². The summed E-state index contributed by atoms with van der Waals surface area (Å²) in [5, 5.41) is 18.3. The van der Waals surface area contributed by atoms with Gasteiger partial charge in [0.25, 0.3) is 5.91 Å². The van der Waals surface area contributed by atoms with Crippen LogP contribution in [-0.4, -0.2) is 55.6 Å². The minimum Gasteiger partial charge on any atom is -0.480 e. The normalized spacial score (nSPS) is 23.9. The lowest BCUT2D eigenvalue weighted by Crippen LogP contribution is -2.40. The number of carbonyl (C=O) groups is 2. The molecule has 17 heavy (non-hydrogen) atoms. The van der Waals surface area contributed by atoms with Gasteiger partial charge in [0.2, 0.25) is 0 Å². The van der Waals surface area contributed by atoms with Crippen LogP contribution in [0.15, 0.2) is 11.0 Å². The topological polar surface area (TPSA) is 126 Å². The molecule has 4 N–H and O–H groups in total. The summed E-state index contributed by atoms with van der Waals surface area (Å²) in [7, 11) is 0. The maximum Gasteiger partial charge on any atom is 0.326 e. The second-order valence-electron chi connectivity index (χ2n) is 3.86. The molecule has 0 aliphatic carbocycles. The van der Waals surface area contributed by atoms with E-state index < -0.39 is 29.7 Å². The Balaban J connectivity index is 2.24. The maximum absolute atomic E-state index is 11.9. The Morgan fingerprint density at radius 1 is 1.47 bits per heavy atom. The number of aromatic amines is 2. The number of carboxylic acids is 1. The van der Waals surface area contributed by atoms with Crippen LogP contribution >= 0.6 is 0 Å². The van der Waals surface area contributed by atoms with Crippen LogP contribution in [-0.2, 0) is 4.79 Å². The first kappa shape index (κ1) is 11.4. The van der Waals surface area contributed by atoms with Crippen LogP contribution < -0.4 is 5.69 Å². The van der Waals surface area contributed by atoms with Crippen LogP contribution in [0.4, 0.5) is 0 Å². The smallest absolute Gasteiger partial charge is 0.326 e. The molecule has 0 saturated carbocycles. The molecule has 2 unspecified atom stereocenters. The van der Waals surface area contributed by atoms with Crippen molar-refractivity contribution in [2.45, 2.75) is 18.6 Å². The molecule has 1 saturated heterocycles. The Morgan fingerprint density at radius 3 is 2.71 bits per heavy atom. The van der Waals surface area contributed by atoms with Gasteiger partial charge in [0.15, 0.2) is 0 Å². The number of aliphatic hydroxyl groups is 1. The molecule has 92 valence electrons. The zero-order chi connectivity index (χ0) is 12.6. The number of β-amino-alcohol motifs (C(OH)–C–C–N with tert-alkyl or cyclic N) is 1. The van der Waals surface area contributed by atoms with Crippen molar-refractivity contribution in [3.63, 3.8) is 0 Å². The third kappa shape index (κ3) is 2.07. The lowest BCUT2D eigenvalue weighted by atomic mass is 10.2. The Labute approximate surface area is 94.9 Å². The van der Waals surface area contributed by atoms with E-state index in [1.807, 2.05) is 0 Å². The van der Waals surface area contributed by atoms with Crippen molar-refractivity contribution in [1.29, 1.82) is 0 Å². The van der Waals surface area contributed by atoms with Gasteiger partial charge < -0.3 is 25.1 Å². The summed E-state index contributed by atoms with van der Waals surface area (Å²) in [6.45, 7) is -0.0526. The molecule has 1 aliphatic heterocycles. The molecule has 0 spiro atoms. The standard InChI is InChI=1S/C9H11N3O5/c13-4-1-6(8(15)16)12(3-4)7(14)5-2-10-9(17)11-5/h2,4,6,13H,1,3H2,(H,15,16)(H2,10,11,17). The fourth-order valence-electron chi connectivity index (χ4n) is 1.87. The minimum absolute atomic E-state index is 0.00424. The van der Waals surface area contributed by atoms with E-state index in [1.165, 1.54) is 6.20 Å². The van der Waals surface area contributed by atoms with Gasteiger partial charge in [0, 0.05) is 19.2 Å². The number of H-pyrrole nitrogens is 2. The van der Waals surface area contributed by atoms with Gasteiger partial charge >= 0.3 is 11.7 Å². The SMILES string of the molecule is O=C(O)C1CC(O)CN1C(=O)c1c[nH]c(=O)[nH]1. The lowest BCUT2D eigenvalue weighted by molar-refractivity contribution is -0.141. The summed E-state index contributed by atoms with van der Waals surface area (Å²) >= 11 is 0. The molecular weight excluding hydrogens is 230 g/mol. The highest BCUT2D eigenvalue weighted by Gasteiger charge is 2.39. The fourth-order valence-corrected chi connectivity index (χ4v) is 1.87. The quantitative estimate of drug-likeness (QED) is 0.494. The summed E-state index contributed by atoms with van der Waals surface area (Å²) in [5.74, 6) is -1.79. The predicted octanol–water partition coefficient (Wildman–Crippen LogP) is -1.64. The van der Waals surface area contributed by atoms with E-state index in [0.717, 1.165) is 4.90 Å². The average molecular weight is 241 g/mol. The Morgan fingerprint density at radius 2 is 2.18 bits per heavy atom. The molecule has 0 aromatic carbocycles. The van der Waals surface area contributed by atoms with Crippen molar-refractivity contribution in [1.82, 2.24) is 14.9 Å².